The zero-order valence-corrected chi connectivity index (χ0v) is 13.0. The van der Waals surface area contributed by atoms with Crippen LogP contribution in [-0.2, 0) is 11.2 Å². The van der Waals surface area contributed by atoms with Crippen molar-refractivity contribution in [3.63, 3.8) is 0 Å². The minimum atomic E-state index is 0.164. The van der Waals surface area contributed by atoms with E-state index in [4.69, 9.17) is 0 Å². The van der Waals surface area contributed by atoms with E-state index in [-0.39, 0.29) is 11.3 Å². The Bertz CT molecular complexity index is 432. The van der Waals surface area contributed by atoms with Crippen LogP contribution in [0.2, 0.25) is 0 Å². The molecule has 1 aromatic rings. The topological polar surface area (TPSA) is 29.1 Å². The van der Waals surface area contributed by atoms with Gasteiger partial charge in [0.2, 0.25) is 5.91 Å². The number of carbonyl (C=O) groups is 1. The van der Waals surface area contributed by atoms with E-state index in [0.29, 0.717) is 18.4 Å². The summed E-state index contributed by atoms with van der Waals surface area (Å²) in [5.41, 5.74) is 1.36. The molecular weight excluding hydrogens is 246 g/mol. The molecule has 0 bridgehead atoms. The van der Waals surface area contributed by atoms with E-state index in [1.807, 2.05) is 30.3 Å². The van der Waals surface area contributed by atoms with Gasteiger partial charge in [-0.05, 0) is 29.7 Å². The lowest BCUT2D eigenvalue weighted by Crippen LogP contribution is -2.47. The highest BCUT2D eigenvalue weighted by molar-refractivity contribution is 5.78. The number of nitrogens with one attached hydrogen (secondary N) is 1. The predicted molar refractivity (Wildman–Crippen MR) is 83.5 cm³/mol. The van der Waals surface area contributed by atoms with Crippen molar-refractivity contribution in [2.24, 2.45) is 11.3 Å². The summed E-state index contributed by atoms with van der Waals surface area (Å²) < 4.78 is 0. The Morgan fingerprint density at radius 2 is 1.80 bits per heavy atom. The highest BCUT2D eigenvalue weighted by Gasteiger charge is 2.34. The van der Waals surface area contributed by atoms with E-state index in [9.17, 15) is 4.79 Å². The van der Waals surface area contributed by atoms with Gasteiger partial charge in [-0.2, -0.15) is 0 Å². The summed E-state index contributed by atoms with van der Waals surface area (Å²) in [7, 11) is 0. The molecule has 0 aromatic heterocycles. The van der Waals surface area contributed by atoms with Crippen LogP contribution in [0.5, 0.6) is 0 Å². The van der Waals surface area contributed by atoms with Crippen molar-refractivity contribution in [1.82, 2.24) is 5.32 Å². The Hall–Kier alpha value is -1.31. The number of rotatable bonds is 3. The molecule has 2 atom stereocenters. The number of hydrogen-bond donors (Lipinski definition) is 1. The molecule has 2 heteroatoms. The first-order valence-corrected chi connectivity index (χ1v) is 7.80. The molecule has 2 unspecified atom stereocenters. The molecule has 20 heavy (non-hydrogen) atoms. The monoisotopic (exact) mass is 273 g/mol. The molecule has 110 valence electrons. The van der Waals surface area contributed by atoms with Gasteiger partial charge in [-0.25, -0.2) is 0 Å². The second kappa shape index (κ2) is 6.43. The Morgan fingerprint density at radius 1 is 1.15 bits per heavy atom. The molecule has 2 rings (SSSR count). The van der Waals surface area contributed by atoms with Gasteiger partial charge in [0.15, 0.2) is 0 Å². The summed E-state index contributed by atoms with van der Waals surface area (Å²) in [6, 6.07) is 10.3. The van der Waals surface area contributed by atoms with E-state index in [2.05, 4.69) is 26.1 Å². The normalized spacial score (nSPS) is 23.4. The summed E-state index contributed by atoms with van der Waals surface area (Å²) in [6.07, 6.45) is 5.40. The quantitative estimate of drug-likeness (QED) is 0.887. The maximum Gasteiger partial charge on any atom is 0.224 e. The third-order valence-corrected chi connectivity index (χ3v) is 4.43. The van der Waals surface area contributed by atoms with Crippen LogP contribution in [0.15, 0.2) is 30.3 Å². The number of benzene rings is 1. The highest BCUT2D eigenvalue weighted by atomic mass is 16.1. The fourth-order valence-corrected chi connectivity index (χ4v) is 3.38. The standard InChI is InChI=1S/C18H27NO/c1-18(2,3)15-11-7-8-12-16(15)19-17(20)13-14-9-5-4-6-10-14/h4-6,9-10,15-16H,7-8,11-13H2,1-3H3,(H,19,20). The van der Waals surface area contributed by atoms with Crippen LogP contribution in [0.1, 0.15) is 52.0 Å². The molecule has 1 aromatic carbocycles. The maximum atomic E-state index is 12.2. The minimum absolute atomic E-state index is 0.164. The lowest BCUT2D eigenvalue weighted by molar-refractivity contribution is -0.122. The van der Waals surface area contributed by atoms with Gasteiger partial charge in [-0.1, -0.05) is 63.9 Å². The summed E-state index contributed by atoms with van der Waals surface area (Å²) in [6.45, 7) is 6.87. The molecule has 0 spiro atoms. The summed E-state index contributed by atoms with van der Waals surface area (Å²) >= 11 is 0. The average Bonchev–Trinajstić information content (AvgIpc) is 2.39. The van der Waals surface area contributed by atoms with Crippen molar-refractivity contribution < 1.29 is 4.79 Å². The summed E-state index contributed by atoms with van der Waals surface area (Å²) in [5.74, 6) is 0.758. The summed E-state index contributed by atoms with van der Waals surface area (Å²) in [4.78, 5) is 12.2. The van der Waals surface area contributed by atoms with Crippen LogP contribution in [0.25, 0.3) is 0 Å². The van der Waals surface area contributed by atoms with E-state index < -0.39 is 0 Å². The molecule has 1 aliphatic carbocycles. The lowest BCUT2D eigenvalue weighted by atomic mass is 9.69. The van der Waals surface area contributed by atoms with Gasteiger partial charge >= 0.3 is 0 Å². The number of carbonyl (C=O) groups excluding carboxylic acids is 1. The highest BCUT2D eigenvalue weighted by Crippen LogP contribution is 2.37. The van der Waals surface area contributed by atoms with Gasteiger partial charge in [0.1, 0.15) is 0 Å². The maximum absolute atomic E-state index is 12.2. The van der Waals surface area contributed by atoms with Crippen molar-refractivity contribution in [2.45, 2.75) is 58.9 Å². The number of amides is 1. The van der Waals surface area contributed by atoms with Crippen molar-refractivity contribution in [1.29, 1.82) is 0 Å². The molecule has 1 fully saturated rings. The van der Waals surface area contributed by atoms with Gasteiger partial charge < -0.3 is 5.32 Å². The summed E-state index contributed by atoms with van der Waals surface area (Å²) in [5, 5.41) is 3.29. The first-order valence-electron chi connectivity index (χ1n) is 7.80. The number of hydrogen-bond acceptors (Lipinski definition) is 1. The van der Waals surface area contributed by atoms with Crippen molar-refractivity contribution in [3.8, 4) is 0 Å². The molecule has 1 amide bonds. The van der Waals surface area contributed by atoms with E-state index in [0.717, 1.165) is 12.0 Å². The van der Waals surface area contributed by atoms with Crippen LogP contribution in [0.4, 0.5) is 0 Å². The predicted octanol–water partition coefficient (Wildman–Crippen LogP) is 3.95. The minimum Gasteiger partial charge on any atom is -0.353 e. The molecule has 0 saturated heterocycles. The zero-order valence-electron chi connectivity index (χ0n) is 13.0. The Kier molecular flexibility index (Phi) is 4.85. The van der Waals surface area contributed by atoms with Crippen LogP contribution in [0, 0.1) is 11.3 Å². The van der Waals surface area contributed by atoms with Crippen molar-refractivity contribution in [3.05, 3.63) is 35.9 Å². The molecular formula is C18H27NO. The first kappa shape index (κ1) is 15.1. The van der Waals surface area contributed by atoms with Crippen LogP contribution in [0.3, 0.4) is 0 Å². The van der Waals surface area contributed by atoms with Crippen molar-refractivity contribution in [2.75, 3.05) is 0 Å². The van der Waals surface area contributed by atoms with Gasteiger partial charge in [0.25, 0.3) is 0 Å². The third-order valence-electron chi connectivity index (χ3n) is 4.43. The Balaban J connectivity index is 1.95. The first-order chi connectivity index (χ1) is 9.47. The second-order valence-corrected chi connectivity index (χ2v) is 7.09. The molecule has 1 saturated carbocycles. The Labute approximate surface area is 123 Å². The molecule has 0 radical (unpaired) electrons. The fraction of sp³-hybridized carbons (Fsp3) is 0.611. The van der Waals surface area contributed by atoms with Crippen molar-refractivity contribution >= 4 is 5.91 Å². The van der Waals surface area contributed by atoms with E-state index in [1.165, 1.54) is 19.3 Å². The molecule has 0 heterocycles. The fourth-order valence-electron chi connectivity index (χ4n) is 3.38. The lowest BCUT2D eigenvalue weighted by Gasteiger charge is -2.40. The van der Waals surface area contributed by atoms with E-state index in [1.54, 1.807) is 0 Å². The third kappa shape index (κ3) is 4.09. The largest absolute Gasteiger partial charge is 0.353 e. The Morgan fingerprint density at radius 3 is 2.45 bits per heavy atom. The van der Waals surface area contributed by atoms with Crippen LogP contribution < -0.4 is 5.32 Å². The van der Waals surface area contributed by atoms with E-state index >= 15 is 0 Å². The SMILES string of the molecule is CC(C)(C)C1CCCCC1NC(=O)Cc1ccccc1. The average molecular weight is 273 g/mol. The van der Waals surface area contributed by atoms with Gasteiger partial charge in [0.05, 0.1) is 6.42 Å². The molecule has 0 aliphatic heterocycles. The molecule has 2 nitrogen and oxygen atoms in total. The van der Waals surface area contributed by atoms with Crippen LogP contribution >= 0.6 is 0 Å². The molecule has 1 N–H and O–H groups in total. The van der Waals surface area contributed by atoms with Gasteiger partial charge in [0, 0.05) is 6.04 Å². The smallest absolute Gasteiger partial charge is 0.224 e. The van der Waals surface area contributed by atoms with Crippen LogP contribution in [-0.4, -0.2) is 11.9 Å². The van der Waals surface area contributed by atoms with Gasteiger partial charge in [-0.15, -0.1) is 0 Å². The van der Waals surface area contributed by atoms with Gasteiger partial charge in [-0.3, -0.25) is 4.79 Å². The zero-order chi connectivity index (χ0) is 14.6. The second-order valence-electron chi connectivity index (χ2n) is 7.09. The molecule has 1 aliphatic rings.